The van der Waals surface area contributed by atoms with Gasteiger partial charge in [0.05, 0.1) is 11.9 Å². The summed E-state index contributed by atoms with van der Waals surface area (Å²) in [6, 6.07) is 1.70. The second-order valence-electron chi connectivity index (χ2n) is 2.03. The van der Waals surface area contributed by atoms with Crippen molar-refractivity contribution in [2.75, 3.05) is 11.9 Å². The van der Waals surface area contributed by atoms with Crippen molar-refractivity contribution in [2.24, 2.45) is 5.11 Å². The number of hydrogen-bond acceptors (Lipinski definition) is 4. The van der Waals surface area contributed by atoms with E-state index in [0.29, 0.717) is 5.69 Å². The lowest BCUT2D eigenvalue weighted by Gasteiger charge is -2.03. The van der Waals surface area contributed by atoms with Gasteiger partial charge in [-0.15, -0.1) is 0 Å². The van der Waals surface area contributed by atoms with E-state index in [1.165, 1.54) is 0 Å². The molecule has 4 heteroatoms. The van der Waals surface area contributed by atoms with Crippen molar-refractivity contribution in [1.29, 1.82) is 5.53 Å². The number of anilines is 1. The van der Waals surface area contributed by atoms with E-state index >= 15 is 0 Å². The first-order valence-electron chi connectivity index (χ1n) is 3.43. The first-order valence-corrected chi connectivity index (χ1v) is 3.43. The van der Waals surface area contributed by atoms with Gasteiger partial charge in [0.15, 0.2) is 0 Å². The number of hydrogen-bond donors (Lipinski definition) is 2. The Bertz CT molecular complexity index is 246. The lowest BCUT2D eigenvalue weighted by molar-refractivity contribution is 1.12. The summed E-state index contributed by atoms with van der Waals surface area (Å²) >= 11 is 0. The van der Waals surface area contributed by atoms with Gasteiger partial charge in [-0.25, -0.2) is 5.53 Å². The van der Waals surface area contributed by atoms with Crippen molar-refractivity contribution in [3.63, 3.8) is 0 Å². The zero-order valence-corrected chi connectivity index (χ0v) is 6.33. The fraction of sp³-hybridized carbons (Fsp3) is 0.286. The molecule has 0 aliphatic rings. The molecule has 11 heavy (non-hydrogen) atoms. The molecule has 1 rings (SSSR count). The van der Waals surface area contributed by atoms with Crippen LogP contribution in [0, 0.1) is 5.53 Å². The second kappa shape index (κ2) is 3.65. The molecule has 58 valence electrons. The van der Waals surface area contributed by atoms with Crippen LogP contribution in [0.5, 0.6) is 0 Å². The predicted octanol–water partition coefficient (Wildman–Crippen LogP) is 2.18. The highest BCUT2D eigenvalue weighted by Crippen LogP contribution is 2.21. The predicted molar refractivity (Wildman–Crippen MR) is 43.2 cm³/mol. The molecule has 0 aliphatic carbocycles. The molecular weight excluding hydrogens is 140 g/mol. The van der Waals surface area contributed by atoms with Crippen LogP contribution in [0.25, 0.3) is 0 Å². The summed E-state index contributed by atoms with van der Waals surface area (Å²) in [4.78, 5) is 3.91. The highest BCUT2D eigenvalue weighted by Gasteiger charge is 1.96. The van der Waals surface area contributed by atoms with Crippen LogP contribution in [0.3, 0.4) is 0 Å². The van der Waals surface area contributed by atoms with E-state index in [1.807, 2.05) is 6.92 Å². The average Bonchev–Trinajstić information content (AvgIpc) is 2.06. The van der Waals surface area contributed by atoms with Crippen molar-refractivity contribution in [3.8, 4) is 0 Å². The van der Waals surface area contributed by atoms with Gasteiger partial charge in [-0.1, -0.05) is 0 Å². The third-order valence-electron chi connectivity index (χ3n) is 1.29. The molecule has 0 saturated heterocycles. The smallest absolute Gasteiger partial charge is 0.111 e. The zero-order chi connectivity index (χ0) is 8.10. The number of nitrogens with zero attached hydrogens (tertiary/aromatic N) is 2. The molecule has 0 aliphatic heterocycles. The van der Waals surface area contributed by atoms with E-state index in [9.17, 15) is 0 Å². The molecule has 0 amide bonds. The van der Waals surface area contributed by atoms with E-state index < -0.39 is 0 Å². The van der Waals surface area contributed by atoms with Crippen molar-refractivity contribution in [2.45, 2.75) is 6.92 Å². The highest BCUT2D eigenvalue weighted by atomic mass is 15.0. The Balaban J connectivity index is 2.92. The molecule has 0 bridgehead atoms. The maximum Gasteiger partial charge on any atom is 0.111 e. The van der Waals surface area contributed by atoms with Crippen LogP contribution in [-0.4, -0.2) is 11.5 Å². The maximum atomic E-state index is 6.82. The molecule has 0 fully saturated rings. The van der Waals surface area contributed by atoms with E-state index in [1.54, 1.807) is 18.5 Å². The lowest BCUT2D eigenvalue weighted by atomic mass is 10.3. The van der Waals surface area contributed by atoms with Crippen LogP contribution in [0.2, 0.25) is 0 Å². The van der Waals surface area contributed by atoms with Gasteiger partial charge in [-0.2, -0.15) is 5.11 Å². The molecule has 0 radical (unpaired) electrons. The first-order chi connectivity index (χ1) is 5.38. The van der Waals surface area contributed by atoms with Crippen molar-refractivity contribution >= 4 is 11.4 Å². The molecule has 0 aromatic carbocycles. The third kappa shape index (κ3) is 1.73. The fourth-order valence-corrected chi connectivity index (χ4v) is 0.811. The minimum absolute atomic E-state index is 0.627. The minimum Gasteiger partial charge on any atom is -0.382 e. The molecule has 0 unspecified atom stereocenters. The minimum atomic E-state index is 0.627. The largest absolute Gasteiger partial charge is 0.382 e. The van der Waals surface area contributed by atoms with Crippen LogP contribution in [0.1, 0.15) is 6.92 Å². The topological polar surface area (TPSA) is 61.1 Å². The van der Waals surface area contributed by atoms with Gasteiger partial charge in [0, 0.05) is 12.7 Å². The zero-order valence-electron chi connectivity index (χ0n) is 6.33. The van der Waals surface area contributed by atoms with Gasteiger partial charge in [0.2, 0.25) is 0 Å². The van der Waals surface area contributed by atoms with Gasteiger partial charge in [0.25, 0.3) is 0 Å². The molecule has 1 aromatic heterocycles. The van der Waals surface area contributed by atoms with Gasteiger partial charge in [0.1, 0.15) is 5.69 Å². The molecule has 0 atom stereocenters. The monoisotopic (exact) mass is 150 g/mol. The Morgan fingerprint density at radius 3 is 3.18 bits per heavy atom. The first kappa shape index (κ1) is 7.65. The summed E-state index contributed by atoms with van der Waals surface area (Å²) in [5, 5.41) is 6.39. The Labute approximate surface area is 65.2 Å². The van der Waals surface area contributed by atoms with Crippen LogP contribution in [0.4, 0.5) is 11.4 Å². The number of aromatic nitrogens is 1. The summed E-state index contributed by atoms with van der Waals surface area (Å²) in [5.74, 6) is 0. The van der Waals surface area contributed by atoms with E-state index in [2.05, 4.69) is 15.4 Å². The number of pyridine rings is 1. The normalized spacial score (nSPS) is 9.18. The van der Waals surface area contributed by atoms with Crippen LogP contribution in [0.15, 0.2) is 23.6 Å². The summed E-state index contributed by atoms with van der Waals surface area (Å²) in [5.41, 5.74) is 8.26. The molecular formula is C7H10N4. The highest BCUT2D eigenvalue weighted by molar-refractivity contribution is 5.62. The second-order valence-corrected chi connectivity index (χ2v) is 2.03. The molecule has 0 spiro atoms. The fourth-order valence-electron chi connectivity index (χ4n) is 0.811. The van der Waals surface area contributed by atoms with Gasteiger partial charge < -0.3 is 5.32 Å². The molecule has 2 N–H and O–H groups in total. The molecule has 1 heterocycles. The van der Waals surface area contributed by atoms with Crippen LogP contribution in [-0.2, 0) is 0 Å². The summed E-state index contributed by atoms with van der Waals surface area (Å²) in [7, 11) is 0. The molecule has 1 aromatic rings. The summed E-state index contributed by atoms with van der Waals surface area (Å²) in [6.45, 7) is 2.80. The Morgan fingerprint density at radius 1 is 1.73 bits per heavy atom. The Morgan fingerprint density at radius 2 is 2.55 bits per heavy atom. The SMILES string of the molecule is CCNc1cnccc1N=N. The van der Waals surface area contributed by atoms with Crippen LogP contribution < -0.4 is 5.32 Å². The van der Waals surface area contributed by atoms with E-state index in [4.69, 9.17) is 5.53 Å². The maximum absolute atomic E-state index is 6.82. The van der Waals surface area contributed by atoms with E-state index in [0.717, 1.165) is 12.2 Å². The Hall–Kier alpha value is -1.45. The standard InChI is InChI=1S/C7H10N4/c1-2-10-7-5-9-4-3-6(7)11-8/h3-5,8,10H,2H2,1H3. The van der Waals surface area contributed by atoms with Crippen molar-refractivity contribution < 1.29 is 0 Å². The van der Waals surface area contributed by atoms with E-state index in [-0.39, 0.29) is 0 Å². The quantitative estimate of drug-likeness (QED) is 0.648. The molecule has 4 nitrogen and oxygen atoms in total. The van der Waals surface area contributed by atoms with Crippen LogP contribution >= 0.6 is 0 Å². The van der Waals surface area contributed by atoms with Gasteiger partial charge in [-0.05, 0) is 13.0 Å². The van der Waals surface area contributed by atoms with Crippen molar-refractivity contribution in [1.82, 2.24) is 4.98 Å². The number of nitrogens with one attached hydrogen (secondary N) is 2. The molecule has 0 saturated carbocycles. The van der Waals surface area contributed by atoms with Gasteiger partial charge >= 0.3 is 0 Å². The number of rotatable bonds is 3. The summed E-state index contributed by atoms with van der Waals surface area (Å²) in [6.07, 6.45) is 3.28. The lowest BCUT2D eigenvalue weighted by Crippen LogP contribution is -1.96. The average molecular weight is 150 g/mol. The van der Waals surface area contributed by atoms with Crippen molar-refractivity contribution in [3.05, 3.63) is 18.5 Å². The Kier molecular flexibility index (Phi) is 2.54. The summed E-state index contributed by atoms with van der Waals surface area (Å²) < 4.78 is 0. The third-order valence-corrected chi connectivity index (χ3v) is 1.29. The van der Waals surface area contributed by atoms with Gasteiger partial charge in [-0.3, -0.25) is 4.98 Å².